The van der Waals surface area contributed by atoms with Crippen molar-refractivity contribution in [3.8, 4) is 0 Å². The molecule has 0 saturated heterocycles. The van der Waals surface area contributed by atoms with Crippen molar-refractivity contribution in [2.24, 2.45) is 11.5 Å². The molecule has 2 amide bonds. The molecule has 34 heavy (non-hydrogen) atoms. The highest BCUT2D eigenvalue weighted by Crippen LogP contribution is 2.11. The molecule has 0 radical (unpaired) electrons. The second-order valence-corrected chi connectivity index (χ2v) is 6.62. The normalized spacial score (nSPS) is 10.5. The molecule has 0 fully saturated rings. The van der Waals surface area contributed by atoms with Crippen molar-refractivity contribution >= 4 is 35.0 Å². The first kappa shape index (κ1) is 23.6. The lowest BCUT2D eigenvalue weighted by Gasteiger charge is -2.02. The van der Waals surface area contributed by atoms with Crippen molar-refractivity contribution in [1.82, 2.24) is 39.6 Å². The summed E-state index contributed by atoms with van der Waals surface area (Å²) < 4.78 is 11.6. The van der Waals surface area contributed by atoms with Gasteiger partial charge in [0.25, 0.3) is 11.8 Å². The molecule has 4 N–H and O–H groups in total. The summed E-state index contributed by atoms with van der Waals surface area (Å²) in [5.41, 5.74) is 11.7. The standard InChI is InChI=1S/2C9H9N5O3/c1-4-3-5(9(16)17-2)11-8-6(7(10)15)12-13-14(4)8;1-4-3-5(9(16)17-2)14-8(11-4)6(7(10)15)12-13-14/h2*3H,1-2H3,(H2,10,15). The van der Waals surface area contributed by atoms with E-state index in [1.807, 2.05) is 0 Å². The van der Waals surface area contributed by atoms with E-state index in [0.29, 0.717) is 11.4 Å². The highest BCUT2D eigenvalue weighted by molar-refractivity contribution is 5.98. The van der Waals surface area contributed by atoms with Crippen molar-refractivity contribution in [3.63, 3.8) is 0 Å². The highest BCUT2D eigenvalue weighted by Gasteiger charge is 2.20. The van der Waals surface area contributed by atoms with Crippen LogP contribution in [0, 0.1) is 13.8 Å². The number of nitrogens with two attached hydrogens (primary N) is 2. The Morgan fingerprint density at radius 1 is 0.794 bits per heavy atom. The van der Waals surface area contributed by atoms with Gasteiger partial charge in [0.15, 0.2) is 34.1 Å². The fourth-order valence-electron chi connectivity index (χ4n) is 2.80. The number of nitrogens with zero attached hydrogens (tertiary/aromatic N) is 8. The fourth-order valence-corrected chi connectivity index (χ4v) is 2.80. The Kier molecular flexibility index (Phi) is 6.42. The zero-order valence-corrected chi connectivity index (χ0v) is 18.3. The van der Waals surface area contributed by atoms with Crippen LogP contribution in [0.15, 0.2) is 12.1 Å². The molecule has 16 nitrogen and oxygen atoms in total. The molecule has 176 valence electrons. The smallest absolute Gasteiger partial charge is 0.356 e. The van der Waals surface area contributed by atoms with E-state index in [1.54, 1.807) is 13.8 Å². The Balaban J connectivity index is 0.000000191. The number of aryl methyl sites for hydroxylation is 2. The van der Waals surface area contributed by atoms with E-state index in [0.717, 1.165) is 4.52 Å². The Morgan fingerprint density at radius 3 is 1.85 bits per heavy atom. The van der Waals surface area contributed by atoms with Crippen LogP contribution >= 0.6 is 0 Å². The molecule has 0 aliphatic carbocycles. The molecule has 0 aliphatic rings. The summed E-state index contributed by atoms with van der Waals surface area (Å²) >= 11 is 0. The number of hydrogen-bond acceptors (Lipinski definition) is 12. The second kappa shape index (κ2) is 9.23. The van der Waals surface area contributed by atoms with Crippen molar-refractivity contribution in [2.45, 2.75) is 13.8 Å². The van der Waals surface area contributed by atoms with E-state index >= 15 is 0 Å². The maximum Gasteiger partial charge on any atom is 0.356 e. The van der Waals surface area contributed by atoms with Gasteiger partial charge in [-0.2, -0.15) is 9.03 Å². The number of ether oxygens (including phenoxy) is 2. The van der Waals surface area contributed by atoms with Gasteiger partial charge in [0.1, 0.15) is 0 Å². The largest absolute Gasteiger partial charge is 0.464 e. The van der Waals surface area contributed by atoms with Crippen LogP contribution in [0.3, 0.4) is 0 Å². The molecule has 0 atom stereocenters. The first-order chi connectivity index (χ1) is 16.1. The van der Waals surface area contributed by atoms with Crippen molar-refractivity contribution < 1.29 is 28.7 Å². The van der Waals surface area contributed by atoms with E-state index in [-0.39, 0.29) is 34.1 Å². The molecule has 16 heteroatoms. The minimum atomic E-state index is -0.756. The van der Waals surface area contributed by atoms with Crippen molar-refractivity contribution in [3.05, 3.63) is 46.3 Å². The average Bonchev–Trinajstić information content (AvgIpc) is 3.42. The molecule has 4 rings (SSSR count). The van der Waals surface area contributed by atoms with Crippen LogP contribution in [-0.2, 0) is 9.47 Å². The van der Waals surface area contributed by atoms with E-state index in [9.17, 15) is 19.2 Å². The molecule has 0 aliphatic heterocycles. The third-order valence-corrected chi connectivity index (χ3v) is 4.31. The summed E-state index contributed by atoms with van der Waals surface area (Å²) in [6.45, 7) is 3.37. The third-order valence-electron chi connectivity index (χ3n) is 4.31. The lowest BCUT2D eigenvalue weighted by atomic mass is 10.3. The Morgan fingerprint density at radius 2 is 1.32 bits per heavy atom. The number of carbonyl (C=O) groups is 4. The molecule has 0 unspecified atom stereocenters. The van der Waals surface area contributed by atoms with E-state index in [4.69, 9.17) is 11.5 Å². The maximum atomic E-state index is 11.5. The molecular weight excluding hydrogens is 452 g/mol. The lowest BCUT2D eigenvalue weighted by Crippen LogP contribution is -2.14. The predicted octanol–water partition coefficient (Wildman–Crippen LogP) is -1.36. The number of primary amides is 2. The molecule has 4 aromatic heterocycles. The van der Waals surface area contributed by atoms with Crippen LogP contribution < -0.4 is 11.5 Å². The average molecular weight is 470 g/mol. The van der Waals surface area contributed by atoms with Crippen LogP contribution in [0.1, 0.15) is 53.3 Å². The Bertz CT molecular complexity index is 1440. The Hall–Kier alpha value is -5.02. The summed E-state index contributed by atoms with van der Waals surface area (Å²) in [5.74, 6) is -2.71. The third kappa shape index (κ3) is 4.31. The first-order valence-corrected chi connectivity index (χ1v) is 9.31. The highest BCUT2D eigenvalue weighted by atomic mass is 16.5. The van der Waals surface area contributed by atoms with Gasteiger partial charge in [-0.05, 0) is 26.0 Å². The number of rotatable bonds is 4. The molecule has 4 heterocycles. The van der Waals surface area contributed by atoms with Crippen LogP contribution in [-0.4, -0.2) is 77.6 Å². The van der Waals surface area contributed by atoms with Gasteiger partial charge >= 0.3 is 11.9 Å². The lowest BCUT2D eigenvalue weighted by molar-refractivity contribution is 0.0583. The van der Waals surface area contributed by atoms with Crippen molar-refractivity contribution in [1.29, 1.82) is 0 Å². The van der Waals surface area contributed by atoms with Gasteiger partial charge in [-0.3, -0.25) is 9.59 Å². The molecule has 0 bridgehead atoms. The van der Waals surface area contributed by atoms with Gasteiger partial charge in [0.05, 0.1) is 14.2 Å². The second-order valence-electron chi connectivity index (χ2n) is 6.62. The van der Waals surface area contributed by atoms with Crippen LogP contribution in [0.25, 0.3) is 11.3 Å². The molecule has 0 spiro atoms. The quantitative estimate of drug-likeness (QED) is 0.330. The van der Waals surface area contributed by atoms with E-state index in [2.05, 4.69) is 40.1 Å². The molecule has 0 aromatic carbocycles. The molecule has 0 saturated carbocycles. The number of methoxy groups -OCH3 is 2. The van der Waals surface area contributed by atoms with Gasteiger partial charge in [-0.25, -0.2) is 19.6 Å². The number of esters is 2. The van der Waals surface area contributed by atoms with Crippen LogP contribution in [0.5, 0.6) is 0 Å². The SMILES string of the molecule is COC(=O)c1cc(C)n2nnc(C(N)=O)c2n1.COC(=O)c1cc(C)nc2c(C(N)=O)nnn12. The fraction of sp³-hybridized carbons (Fsp3) is 0.222. The molecule has 4 aromatic rings. The van der Waals surface area contributed by atoms with Gasteiger partial charge < -0.3 is 20.9 Å². The van der Waals surface area contributed by atoms with Crippen molar-refractivity contribution in [2.75, 3.05) is 14.2 Å². The van der Waals surface area contributed by atoms with E-state index < -0.39 is 23.8 Å². The summed E-state index contributed by atoms with van der Waals surface area (Å²) in [7, 11) is 2.49. The Labute approximate surface area is 189 Å². The van der Waals surface area contributed by atoms with Crippen LogP contribution in [0.4, 0.5) is 0 Å². The van der Waals surface area contributed by atoms with Crippen LogP contribution in [0.2, 0.25) is 0 Å². The zero-order valence-electron chi connectivity index (χ0n) is 18.3. The predicted molar refractivity (Wildman–Crippen MR) is 111 cm³/mol. The number of hydrogen-bond donors (Lipinski definition) is 2. The molecular formula is C18H18N10O6. The maximum absolute atomic E-state index is 11.5. The zero-order chi connectivity index (χ0) is 25.2. The summed E-state index contributed by atoms with van der Waals surface area (Å²) in [6, 6.07) is 2.97. The summed E-state index contributed by atoms with van der Waals surface area (Å²) in [6.07, 6.45) is 0. The number of fused-ring (bicyclic) bond motifs is 2. The number of carbonyl (C=O) groups excluding carboxylic acids is 4. The number of amides is 2. The van der Waals surface area contributed by atoms with Gasteiger partial charge in [-0.1, -0.05) is 10.4 Å². The van der Waals surface area contributed by atoms with Gasteiger partial charge in [0.2, 0.25) is 0 Å². The van der Waals surface area contributed by atoms with Gasteiger partial charge in [0, 0.05) is 11.4 Å². The first-order valence-electron chi connectivity index (χ1n) is 9.31. The topological polar surface area (TPSA) is 225 Å². The number of aromatic nitrogens is 8. The monoisotopic (exact) mass is 470 g/mol. The minimum Gasteiger partial charge on any atom is -0.464 e. The summed E-state index contributed by atoms with van der Waals surface area (Å²) in [4.78, 5) is 53.1. The summed E-state index contributed by atoms with van der Waals surface area (Å²) in [5, 5.41) is 14.6. The minimum absolute atomic E-state index is 0.0716. The van der Waals surface area contributed by atoms with Gasteiger partial charge in [-0.15, -0.1) is 10.2 Å². The van der Waals surface area contributed by atoms with E-state index in [1.165, 1.54) is 30.9 Å².